The highest BCUT2D eigenvalue weighted by molar-refractivity contribution is 5.75. The quantitative estimate of drug-likeness (QED) is 0.260. The van der Waals surface area contributed by atoms with Crippen molar-refractivity contribution in [3.8, 4) is 0 Å². The molecule has 1 aliphatic rings. The molecule has 0 aromatic rings. The molecule has 1 amide bonds. The van der Waals surface area contributed by atoms with Gasteiger partial charge in [0.05, 0.1) is 6.54 Å². The van der Waals surface area contributed by atoms with Crippen molar-refractivity contribution in [1.29, 1.82) is 0 Å². The van der Waals surface area contributed by atoms with Gasteiger partial charge in [-0.15, -0.1) is 0 Å². The Hall–Kier alpha value is -2.10. The Bertz CT molecular complexity index is 525. The minimum atomic E-state index is 0.0116. The second kappa shape index (κ2) is 18.3. The molecule has 0 aromatic heterocycles. The molecule has 0 spiro atoms. The lowest BCUT2D eigenvalue weighted by Gasteiger charge is -2.09. The summed E-state index contributed by atoms with van der Waals surface area (Å²) in [5, 5.41) is 6.59. The minimum absolute atomic E-state index is 0.0116. The van der Waals surface area contributed by atoms with Crippen molar-refractivity contribution < 1.29 is 9.63 Å². The predicted octanol–water partition coefficient (Wildman–Crippen LogP) is 6.02. The lowest BCUT2D eigenvalue weighted by Crippen LogP contribution is -2.31. The number of oxime groups is 1. The fourth-order valence-corrected chi connectivity index (χ4v) is 2.71. The number of hydrogen-bond acceptors (Lipinski definition) is 3. The van der Waals surface area contributed by atoms with Crippen molar-refractivity contribution in [3.05, 3.63) is 48.6 Å². The summed E-state index contributed by atoms with van der Waals surface area (Å²) in [6.07, 6.45) is 30.8. The first kappa shape index (κ1) is 23.9. The minimum Gasteiger partial charge on any atom is -0.391 e. The lowest BCUT2D eigenvalue weighted by atomic mass is 10.2. The van der Waals surface area contributed by atoms with Gasteiger partial charge in [-0.3, -0.25) is 4.79 Å². The molecule has 0 saturated carbocycles. The molecule has 1 unspecified atom stereocenters. The Balaban J connectivity index is 1.88. The number of rotatable bonds is 16. The average molecular weight is 387 g/mol. The topological polar surface area (TPSA) is 50.7 Å². The molecule has 4 heteroatoms. The van der Waals surface area contributed by atoms with Crippen molar-refractivity contribution in [2.75, 3.05) is 6.54 Å². The number of nitrogens with one attached hydrogen (secondary N) is 1. The standard InChI is InChI=1S/C24H38N2O2/c1-2-3-4-5-6-7-8-9-10-11-12-13-14-15-16-17-18-19-24(27)25-22-23-20-21-26-28-23/h6-7,9-10,12-13,15-16,21,23H,2-5,8,11,14,17-20,22H2,1H3,(H,25,27)/b7-6+,10-9+,13-12+,16-15+. The molecule has 156 valence electrons. The Labute approximate surface area is 171 Å². The van der Waals surface area contributed by atoms with Gasteiger partial charge in [0.25, 0.3) is 0 Å². The van der Waals surface area contributed by atoms with Gasteiger partial charge in [-0.2, -0.15) is 0 Å². The molecule has 1 heterocycles. The Morgan fingerprint density at radius 2 is 1.57 bits per heavy atom. The number of carbonyl (C=O) groups excluding carboxylic acids is 1. The first-order chi connectivity index (χ1) is 13.8. The van der Waals surface area contributed by atoms with Crippen LogP contribution >= 0.6 is 0 Å². The fraction of sp³-hybridized carbons (Fsp3) is 0.583. The van der Waals surface area contributed by atoms with E-state index >= 15 is 0 Å². The van der Waals surface area contributed by atoms with Gasteiger partial charge in [0.15, 0.2) is 0 Å². The summed E-state index contributed by atoms with van der Waals surface area (Å²) in [6.45, 7) is 2.78. The summed E-state index contributed by atoms with van der Waals surface area (Å²) in [6, 6.07) is 0. The van der Waals surface area contributed by atoms with Crippen LogP contribution in [0.1, 0.15) is 77.6 Å². The largest absolute Gasteiger partial charge is 0.391 e. The van der Waals surface area contributed by atoms with Crippen molar-refractivity contribution in [2.24, 2.45) is 5.16 Å². The monoisotopic (exact) mass is 386 g/mol. The molecular formula is C24H38N2O2. The second-order valence-electron chi connectivity index (χ2n) is 7.04. The van der Waals surface area contributed by atoms with E-state index in [2.05, 4.69) is 66.0 Å². The molecule has 0 fully saturated rings. The molecular weight excluding hydrogens is 348 g/mol. The molecule has 0 aliphatic carbocycles. The van der Waals surface area contributed by atoms with Crippen LogP contribution < -0.4 is 5.32 Å². The predicted molar refractivity (Wildman–Crippen MR) is 119 cm³/mol. The molecule has 0 saturated heterocycles. The maximum Gasteiger partial charge on any atom is 0.220 e. The smallest absolute Gasteiger partial charge is 0.220 e. The number of allylic oxidation sites excluding steroid dienone is 8. The normalized spacial score (nSPS) is 16.8. The van der Waals surface area contributed by atoms with E-state index in [0.29, 0.717) is 13.0 Å². The van der Waals surface area contributed by atoms with Crippen LogP contribution in [-0.4, -0.2) is 24.8 Å². The third-order valence-corrected chi connectivity index (χ3v) is 4.41. The van der Waals surface area contributed by atoms with Crippen LogP contribution in [0.25, 0.3) is 0 Å². The number of unbranched alkanes of at least 4 members (excludes halogenated alkanes) is 4. The van der Waals surface area contributed by atoms with Crippen LogP contribution in [0.4, 0.5) is 0 Å². The highest BCUT2D eigenvalue weighted by Crippen LogP contribution is 2.04. The molecule has 0 aromatic carbocycles. The highest BCUT2D eigenvalue weighted by atomic mass is 16.6. The average Bonchev–Trinajstić information content (AvgIpc) is 3.22. The van der Waals surface area contributed by atoms with Gasteiger partial charge in [-0.1, -0.05) is 73.5 Å². The van der Waals surface area contributed by atoms with Crippen molar-refractivity contribution >= 4 is 12.1 Å². The molecule has 1 atom stereocenters. The summed E-state index contributed by atoms with van der Waals surface area (Å²) in [5.41, 5.74) is 0. The lowest BCUT2D eigenvalue weighted by molar-refractivity contribution is -0.121. The van der Waals surface area contributed by atoms with Crippen LogP contribution in [0, 0.1) is 0 Å². The van der Waals surface area contributed by atoms with Gasteiger partial charge in [-0.05, 0) is 44.9 Å². The van der Waals surface area contributed by atoms with E-state index in [1.165, 1.54) is 25.7 Å². The second-order valence-corrected chi connectivity index (χ2v) is 7.04. The molecule has 0 bridgehead atoms. The molecule has 4 nitrogen and oxygen atoms in total. The van der Waals surface area contributed by atoms with Crippen LogP contribution in [0.15, 0.2) is 53.8 Å². The van der Waals surface area contributed by atoms with Gasteiger partial charge in [0, 0.05) is 19.1 Å². The van der Waals surface area contributed by atoms with E-state index in [1.807, 2.05) is 0 Å². The zero-order chi connectivity index (χ0) is 20.1. The van der Waals surface area contributed by atoms with Crippen molar-refractivity contribution in [3.63, 3.8) is 0 Å². The fourth-order valence-electron chi connectivity index (χ4n) is 2.71. The maximum atomic E-state index is 11.7. The van der Waals surface area contributed by atoms with E-state index in [-0.39, 0.29) is 12.0 Å². The zero-order valence-electron chi connectivity index (χ0n) is 17.5. The third kappa shape index (κ3) is 15.0. The Morgan fingerprint density at radius 1 is 0.964 bits per heavy atom. The summed E-state index contributed by atoms with van der Waals surface area (Å²) in [7, 11) is 0. The van der Waals surface area contributed by atoms with Crippen LogP contribution in [0.2, 0.25) is 0 Å². The van der Waals surface area contributed by atoms with Crippen molar-refractivity contribution in [2.45, 2.75) is 83.7 Å². The molecule has 28 heavy (non-hydrogen) atoms. The molecule has 1 aliphatic heterocycles. The third-order valence-electron chi connectivity index (χ3n) is 4.41. The van der Waals surface area contributed by atoms with Crippen molar-refractivity contribution in [1.82, 2.24) is 5.32 Å². The van der Waals surface area contributed by atoms with E-state index in [4.69, 9.17) is 4.84 Å². The Morgan fingerprint density at radius 3 is 2.14 bits per heavy atom. The number of nitrogens with zero attached hydrogens (tertiary/aromatic N) is 1. The summed E-state index contributed by atoms with van der Waals surface area (Å²) >= 11 is 0. The van der Waals surface area contributed by atoms with Crippen LogP contribution in [0.5, 0.6) is 0 Å². The zero-order valence-corrected chi connectivity index (χ0v) is 17.5. The number of carbonyl (C=O) groups is 1. The molecule has 1 N–H and O–H groups in total. The van der Waals surface area contributed by atoms with Gasteiger partial charge >= 0.3 is 0 Å². The first-order valence-corrected chi connectivity index (χ1v) is 10.9. The van der Waals surface area contributed by atoms with E-state index in [0.717, 1.165) is 38.5 Å². The van der Waals surface area contributed by atoms with Gasteiger partial charge in [-0.25, -0.2) is 0 Å². The molecule has 1 rings (SSSR count). The maximum absolute atomic E-state index is 11.7. The van der Waals surface area contributed by atoms with Gasteiger partial charge in [0.2, 0.25) is 5.91 Å². The van der Waals surface area contributed by atoms with Gasteiger partial charge < -0.3 is 10.2 Å². The van der Waals surface area contributed by atoms with E-state index in [9.17, 15) is 4.79 Å². The van der Waals surface area contributed by atoms with Crippen LogP contribution in [0.3, 0.4) is 0 Å². The number of amides is 1. The summed E-state index contributed by atoms with van der Waals surface area (Å²) < 4.78 is 0. The first-order valence-electron chi connectivity index (χ1n) is 10.9. The van der Waals surface area contributed by atoms with E-state index in [1.54, 1.807) is 6.21 Å². The van der Waals surface area contributed by atoms with Crippen LogP contribution in [-0.2, 0) is 9.63 Å². The molecule has 0 radical (unpaired) electrons. The van der Waals surface area contributed by atoms with E-state index < -0.39 is 0 Å². The summed E-state index contributed by atoms with van der Waals surface area (Å²) in [5.74, 6) is 0.0892. The summed E-state index contributed by atoms with van der Waals surface area (Å²) in [4.78, 5) is 16.8. The Kier molecular flexibility index (Phi) is 15.6. The number of hydrogen-bond donors (Lipinski definition) is 1. The van der Waals surface area contributed by atoms with Gasteiger partial charge in [0.1, 0.15) is 6.10 Å². The highest BCUT2D eigenvalue weighted by Gasteiger charge is 2.13. The SMILES string of the molecule is CCCCC/C=C/C/C=C/C/C=C/C/C=C/CCCC(=O)NCC1CC=NO1.